The Morgan fingerprint density at radius 2 is 1.67 bits per heavy atom. The second kappa shape index (κ2) is 13.4. The van der Waals surface area contributed by atoms with Crippen molar-refractivity contribution in [2.75, 3.05) is 5.32 Å². The zero-order valence-electron chi connectivity index (χ0n) is 22.4. The Morgan fingerprint density at radius 1 is 0.905 bits per heavy atom. The maximum absolute atomic E-state index is 12.8. The molecule has 4 aromatic rings. The molecule has 0 radical (unpaired) electrons. The first-order valence-electron chi connectivity index (χ1n) is 13.4. The Bertz CT molecular complexity index is 1680. The number of halogens is 1. The zero-order chi connectivity index (χ0) is 29.5. The molecule has 3 amide bonds. The number of amides is 3. The van der Waals surface area contributed by atoms with E-state index < -0.39 is 17.8 Å². The van der Waals surface area contributed by atoms with Crippen LogP contribution >= 0.6 is 22.9 Å². The molecule has 0 unspecified atom stereocenters. The van der Waals surface area contributed by atoms with Gasteiger partial charge in [-0.05, 0) is 48.7 Å². The van der Waals surface area contributed by atoms with Gasteiger partial charge in [0.2, 0.25) is 0 Å². The molecule has 1 aliphatic rings. The monoisotopic (exact) mass is 602 g/mol. The fourth-order valence-corrected chi connectivity index (χ4v) is 6.04. The first-order chi connectivity index (χ1) is 20.4. The van der Waals surface area contributed by atoms with Crippen LogP contribution in [-0.2, 0) is 9.59 Å². The zero-order valence-corrected chi connectivity index (χ0v) is 24.0. The van der Waals surface area contributed by atoms with Crippen molar-refractivity contribution >= 4 is 68.6 Å². The smallest absolute Gasteiger partial charge is 0.355 e. The summed E-state index contributed by atoms with van der Waals surface area (Å²) in [6.07, 6.45) is 6.46. The van der Waals surface area contributed by atoms with E-state index in [0.29, 0.717) is 15.5 Å². The number of nitrogens with zero attached hydrogens (tertiary/aromatic N) is 1. The van der Waals surface area contributed by atoms with Crippen molar-refractivity contribution in [3.8, 4) is 5.75 Å². The van der Waals surface area contributed by atoms with E-state index >= 15 is 0 Å². The van der Waals surface area contributed by atoms with Crippen molar-refractivity contribution in [3.63, 3.8) is 0 Å². The van der Waals surface area contributed by atoms with E-state index in [1.807, 2.05) is 24.3 Å². The lowest BCUT2D eigenvalue weighted by molar-refractivity contribution is -0.136. The molecular formula is C31H27ClN4O5S. The number of hydrogen-bond acceptors (Lipinski definition) is 7. The molecule has 3 aromatic carbocycles. The summed E-state index contributed by atoms with van der Waals surface area (Å²) in [5.41, 5.74) is 3.18. The quantitative estimate of drug-likeness (QED) is 0.0795. The van der Waals surface area contributed by atoms with Crippen LogP contribution in [0, 0.1) is 0 Å². The second-order valence-corrected chi connectivity index (χ2v) is 11.1. The Balaban J connectivity index is 1.17. The number of ether oxygens (including phenoxy) is 1. The minimum atomic E-state index is -1.02. The Hall–Kier alpha value is -4.54. The molecule has 1 saturated carbocycles. The highest BCUT2D eigenvalue weighted by Crippen LogP contribution is 2.35. The van der Waals surface area contributed by atoms with Crippen molar-refractivity contribution in [1.29, 1.82) is 0 Å². The molecule has 1 aromatic heterocycles. The number of nitrogens with one attached hydrogen (secondary N) is 3. The fraction of sp³-hybridized carbons (Fsp3) is 0.194. The summed E-state index contributed by atoms with van der Waals surface area (Å²) in [6, 6.07) is 20.5. The number of thiophene rings is 1. The van der Waals surface area contributed by atoms with Gasteiger partial charge in [0, 0.05) is 16.1 Å². The number of fused-ring (bicyclic) bond motifs is 1. The van der Waals surface area contributed by atoms with Gasteiger partial charge in [0.05, 0.1) is 22.5 Å². The molecular weight excluding hydrogens is 576 g/mol. The predicted molar refractivity (Wildman–Crippen MR) is 163 cm³/mol. The summed E-state index contributed by atoms with van der Waals surface area (Å²) in [6.45, 7) is 0. The first kappa shape index (κ1) is 29.0. The highest BCUT2D eigenvalue weighted by atomic mass is 35.5. The topological polar surface area (TPSA) is 126 Å². The summed E-state index contributed by atoms with van der Waals surface area (Å²) in [5.74, 6) is -2.63. The first-order valence-corrected chi connectivity index (χ1v) is 14.6. The van der Waals surface area contributed by atoms with Gasteiger partial charge < -0.3 is 15.4 Å². The SMILES string of the molecule is O=C(N/N=C/c1cccc(OC(=O)c2sc3ccccc3c2Cl)c1)C(=O)Nc1ccccc1C(=O)NC1CCCCC1. The van der Waals surface area contributed by atoms with Gasteiger partial charge in [0.1, 0.15) is 10.6 Å². The van der Waals surface area contributed by atoms with Gasteiger partial charge in [-0.15, -0.1) is 11.3 Å². The van der Waals surface area contributed by atoms with Gasteiger partial charge in [0.15, 0.2) is 0 Å². The van der Waals surface area contributed by atoms with Crippen molar-refractivity contribution < 1.29 is 23.9 Å². The highest BCUT2D eigenvalue weighted by Gasteiger charge is 2.21. The Kier molecular flexibility index (Phi) is 9.25. The van der Waals surface area contributed by atoms with Crippen LogP contribution in [0.25, 0.3) is 10.1 Å². The molecule has 5 rings (SSSR count). The molecule has 214 valence electrons. The van der Waals surface area contributed by atoms with E-state index in [4.69, 9.17) is 16.3 Å². The van der Waals surface area contributed by atoms with Crippen LogP contribution in [0.4, 0.5) is 5.69 Å². The maximum atomic E-state index is 12.8. The lowest BCUT2D eigenvalue weighted by atomic mass is 9.95. The largest absolute Gasteiger partial charge is 0.422 e. The fourth-order valence-electron chi connectivity index (χ4n) is 4.65. The van der Waals surface area contributed by atoms with Crippen molar-refractivity contribution in [3.05, 3.63) is 93.8 Å². The van der Waals surface area contributed by atoms with Crippen LogP contribution in [0.1, 0.15) is 57.7 Å². The lowest BCUT2D eigenvalue weighted by Crippen LogP contribution is -2.37. The molecule has 11 heteroatoms. The number of rotatable bonds is 7. The van der Waals surface area contributed by atoms with Gasteiger partial charge in [-0.25, -0.2) is 10.2 Å². The van der Waals surface area contributed by atoms with Crippen LogP contribution in [0.3, 0.4) is 0 Å². The van der Waals surface area contributed by atoms with Crippen LogP contribution in [0.15, 0.2) is 77.9 Å². The van der Waals surface area contributed by atoms with Crippen LogP contribution < -0.4 is 20.8 Å². The average molecular weight is 603 g/mol. The maximum Gasteiger partial charge on any atom is 0.355 e. The Morgan fingerprint density at radius 3 is 2.48 bits per heavy atom. The van der Waals surface area contributed by atoms with E-state index in [2.05, 4.69) is 21.2 Å². The summed E-state index contributed by atoms with van der Waals surface area (Å²) in [4.78, 5) is 50.8. The number of para-hydroxylation sites is 1. The third-order valence-corrected chi connectivity index (χ3v) is 8.39. The summed E-state index contributed by atoms with van der Waals surface area (Å²) in [7, 11) is 0. The standard InChI is InChI=1S/C31H27ClN4O5S/c32-26-23-14-5-7-16-25(23)42-27(26)31(40)41-21-12-8-9-19(17-21)18-33-36-30(39)29(38)35-24-15-6-4-13-22(24)28(37)34-20-10-2-1-3-11-20/h4-9,12-18,20H,1-3,10-11H2,(H,34,37)(H,35,38)(H,36,39)/b33-18+. The summed E-state index contributed by atoms with van der Waals surface area (Å²) < 4.78 is 6.38. The molecule has 1 aliphatic carbocycles. The highest BCUT2D eigenvalue weighted by molar-refractivity contribution is 7.21. The summed E-state index contributed by atoms with van der Waals surface area (Å²) in [5, 5.41) is 10.5. The molecule has 0 aliphatic heterocycles. The van der Waals surface area contributed by atoms with E-state index in [0.717, 1.165) is 42.2 Å². The molecule has 0 saturated heterocycles. The third-order valence-electron chi connectivity index (χ3n) is 6.74. The van der Waals surface area contributed by atoms with Gasteiger partial charge >= 0.3 is 17.8 Å². The molecule has 0 bridgehead atoms. The van der Waals surface area contributed by atoms with Crippen molar-refractivity contribution in [2.45, 2.75) is 38.1 Å². The normalized spacial score (nSPS) is 13.5. The number of hydrogen-bond donors (Lipinski definition) is 3. The van der Waals surface area contributed by atoms with Gasteiger partial charge in [0.25, 0.3) is 5.91 Å². The molecule has 0 atom stereocenters. The molecule has 9 nitrogen and oxygen atoms in total. The van der Waals surface area contributed by atoms with Crippen LogP contribution in [-0.4, -0.2) is 35.9 Å². The lowest BCUT2D eigenvalue weighted by Gasteiger charge is -2.23. The number of hydrazone groups is 1. The van der Waals surface area contributed by atoms with E-state index in [1.54, 1.807) is 48.5 Å². The van der Waals surface area contributed by atoms with Gasteiger partial charge in [-0.1, -0.05) is 73.3 Å². The Labute approximate surface area is 250 Å². The minimum Gasteiger partial charge on any atom is -0.422 e. The number of carbonyl (C=O) groups excluding carboxylic acids is 4. The number of esters is 1. The van der Waals surface area contributed by atoms with Gasteiger partial charge in [-0.2, -0.15) is 5.10 Å². The predicted octanol–water partition coefficient (Wildman–Crippen LogP) is 5.93. The third kappa shape index (κ3) is 7.02. The molecule has 3 N–H and O–H groups in total. The van der Waals surface area contributed by atoms with E-state index in [9.17, 15) is 19.2 Å². The summed E-state index contributed by atoms with van der Waals surface area (Å²) >= 11 is 7.63. The molecule has 42 heavy (non-hydrogen) atoms. The second-order valence-electron chi connectivity index (χ2n) is 9.71. The van der Waals surface area contributed by atoms with Crippen molar-refractivity contribution in [2.24, 2.45) is 5.10 Å². The van der Waals surface area contributed by atoms with Crippen LogP contribution in [0.5, 0.6) is 5.75 Å². The number of carbonyl (C=O) groups is 4. The molecule has 1 fully saturated rings. The molecule has 0 spiro atoms. The number of benzene rings is 3. The average Bonchev–Trinajstić information content (AvgIpc) is 3.34. The minimum absolute atomic E-state index is 0.100. The number of anilines is 1. The van der Waals surface area contributed by atoms with E-state index in [1.165, 1.54) is 17.6 Å². The van der Waals surface area contributed by atoms with Gasteiger partial charge in [-0.3, -0.25) is 14.4 Å². The van der Waals surface area contributed by atoms with E-state index in [-0.39, 0.29) is 28.9 Å². The van der Waals surface area contributed by atoms with Crippen LogP contribution in [0.2, 0.25) is 5.02 Å². The van der Waals surface area contributed by atoms with Crippen molar-refractivity contribution in [1.82, 2.24) is 10.7 Å². The molecule has 1 heterocycles.